The quantitative estimate of drug-likeness (QED) is 0.841. The number of aryl methyl sites for hydroxylation is 2. The van der Waals surface area contributed by atoms with Crippen molar-refractivity contribution in [1.82, 2.24) is 19.1 Å². The number of allylic oxidation sites excluding steroid dienone is 2. The first kappa shape index (κ1) is 13.3. The molecule has 0 aliphatic rings. The van der Waals surface area contributed by atoms with Crippen LogP contribution in [0.25, 0.3) is 11.2 Å². The highest BCUT2D eigenvalue weighted by Gasteiger charge is 2.14. The maximum absolute atomic E-state index is 12.3. The van der Waals surface area contributed by atoms with Crippen molar-refractivity contribution in [3.8, 4) is 0 Å². The van der Waals surface area contributed by atoms with Crippen LogP contribution in [0.15, 0.2) is 21.7 Å². The van der Waals surface area contributed by atoms with E-state index in [-0.39, 0.29) is 17.8 Å². The fourth-order valence-corrected chi connectivity index (χ4v) is 2.08. The summed E-state index contributed by atoms with van der Waals surface area (Å²) in [5, 5.41) is 0. The molecule has 0 atom stereocenters. The van der Waals surface area contributed by atoms with Crippen LogP contribution >= 0.6 is 0 Å². The minimum absolute atomic E-state index is 0.284. The summed E-state index contributed by atoms with van der Waals surface area (Å²) in [6.07, 6.45) is 4.41. The molecule has 0 fully saturated rings. The van der Waals surface area contributed by atoms with Gasteiger partial charge in [0.1, 0.15) is 11.3 Å². The van der Waals surface area contributed by atoms with E-state index in [1.165, 1.54) is 4.57 Å². The van der Waals surface area contributed by atoms with Gasteiger partial charge < -0.3 is 4.98 Å². The van der Waals surface area contributed by atoms with E-state index in [0.717, 1.165) is 6.42 Å². The molecule has 6 nitrogen and oxygen atoms in total. The highest BCUT2D eigenvalue weighted by atomic mass is 16.2. The van der Waals surface area contributed by atoms with Crippen LogP contribution in [0.1, 0.15) is 26.1 Å². The largest absolute Gasteiger partial charge is 0.336 e. The second-order valence-corrected chi connectivity index (χ2v) is 4.44. The van der Waals surface area contributed by atoms with Crippen molar-refractivity contribution in [3.63, 3.8) is 0 Å². The maximum Gasteiger partial charge on any atom is 0.333 e. The molecule has 0 saturated heterocycles. The summed E-state index contributed by atoms with van der Waals surface area (Å²) < 4.78 is 2.79. The van der Waals surface area contributed by atoms with Crippen LogP contribution in [0, 0.1) is 6.92 Å². The normalized spacial score (nSPS) is 11.7. The Morgan fingerprint density at radius 1 is 1.32 bits per heavy atom. The number of H-pyrrole nitrogens is 1. The lowest BCUT2D eigenvalue weighted by Crippen LogP contribution is -2.39. The molecule has 0 radical (unpaired) electrons. The number of imidazole rings is 1. The first-order chi connectivity index (χ1) is 9.10. The van der Waals surface area contributed by atoms with Crippen LogP contribution in [0.5, 0.6) is 0 Å². The number of fused-ring (bicyclic) bond motifs is 1. The molecule has 19 heavy (non-hydrogen) atoms. The number of nitrogens with one attached hydrogen (secondary N) is 1. The van der Waals surface area contributed by atoms with Gasteiger partial charge >= 0.3 is 5.69 Å². The van der Waals surface area contributed by atoms with Crippen molar-refractivity contribution in [2.45, 2.75) is 40.3 Å². The number of nitrogens with zero attached hydrogens (tertiary/aromatic N) is 3. The number of hydrogen-bond donors (Lipinski definition) is 1. The van der Waals surface area contributed by atoms with Crippen LogP contribution < -0.4 is 11.2 Å². The fourth-order valence-electron chi connectivity index (χ4n) is 2.08. The molecular weight excluding hydrogens is 244 g/mol. The number of aromatic nitrogens is 4. The molecule has 0 aliphatic heterocycles. The van der Waals surface area contributed by atoms with Crippen molar-refractivity contribution in [2.24, 2.45) is 0 Å². The van der Waals surface area contributed by atoms with E-state index in [2.05, 4.69) is 9.97 Å². The van der Waals surface area contributed by atoms with Gasteiger partial charge in [-0.3, -0.25) is 13.9 Å². The fraction of sp³-hybridized carbons (Fsp3) is 0.462. The average molecular weight is 262 g/mol. The lowest BCUT2D eigenvalue weighted by molar-refractivity contribution is 0.594. The third-order valence-corrected chi connectivity index (χ3v) is 2.95. The zero-order valence-corrected chi connectivity index (χ0v) is 11.4. The van der Waals surface area contributed by atoms with Crippen molar-refractivity contribution in [1.29, 1.82) is 0 Å². The molecule has 102 valence electrons. The van der Waals surface area contributed by atoms with Gasteiger partial charge in [0.05, 0.1) is 0 Å². The number of aromatic amines is 1. The predicted molar refractivity (Wildman–Crippen MR) is 74.5 cm³/mol. The van der Waals surface area contributed by atoms with Gasteiger partial charge in [0.2, 0.25) is 0 Å². The molecule has 0 amide bonds. The third-order valence-electron chi connectivity index (χ3n) is 2.95. The molecular formula is C13H18N4O2. The Balaban J connectivity index is 2.82. The Hall–Kier alpha value is -2.11. The third kappa shape index (κ3) is 2.25. The monoisotopic (exact) mass is 262 g/mol. The summed E-state index contributed by atoms with van der Waals surface area (Å²) in [6.45, 7) is 6.45. The van der Waals surface area contributed by atoms with Crippen molar-refractivity contribution in [3.05, 3.63) is 38.8 Å². The summed E-state index contributed by atoms with van der Waals surface area (Å²) in [5.74, 6) is 0.639. The van der Waals surface area contributed by atoms with Gasteiger partial charge in [-0.05, 0) is 20.3 Å². The van der Waals surface area contributed by atoms with Gasteiger partial charge in [0.25, 0.3) is 5.56 Å². The SMILES string of the molecule is C/C=C/Cn1c(=O)c2[nH]c(C)nc2n(CCC)c1=O. The highest BCUT2D eigenvalue weighted by molar-refractivity contribution is 5.69. The van der Waals surface area contributed by atoms with E-state index >= 15 is 0 Å². The van der Waals surface area contributed by atoms with E-state index < -0.39 is 0 Å². The second-order valence-electron chi connectivity index (χ2n) is 4.44. The molecule has 0 bridgehead atoms. The number of rotatable bonds is 4. The van der Waals surface area contributed by atoms with Crippen LogP contribution in [-0.2, 0) is 13.1 Å². The second kappa shape index (κ2) is 5.26. The first-order valence-corrected chi connectivity index (χ1v) is 6.41. The molecule has 0 saturated carbocycles. The topological polar surface area (TPSA) is 72.7 Å². The molecule has 0 aromatic carbocycles. The van der Waals surface area contributed by atoms with E-state index in [9.17, 15) is 9.59 Å². The Bertz CT molecular complexity index is 733. The molecule has 2 aromatic heterocycles. The van der Waals surface area contributed by atoms with Crippen LogP contribution in [-0.4, -0.2) is 19.1 Å². The maximum atomic E-state index is 12.3. The van der Waals surface area contributed by atoms with Gasteiger partial charge in [-0.15, -0.1) is 0 Å². The lowest BCUT2D eigenvalue weighted by Gasteiger charge is -2.08. The van der Waals surface area contributed by atoms with Crippen LogP contribution in [0.4, 0.5) is 0 Å². The minimum Gasteiger partial charge on any atom is -0.336 e. The van der Waals surface area contributed by atoms with Gasteiger partial charge in [-0.25, -0.2) is 9.78 Å². The van der Waals surface area contributed by atoms with Crippen molar-refractivity contribution < 1.29 is 0 Å². The average Bonchev–Trinajstić information content (AvgIpc) is 2.76. The van der Waals surface area contributed by atoms with Crippen LogP contribution in [0.2, 0.25) is 0 Å². The van der Waals surface area contributed by atoms with Gasteiger partial charge in [0.15, 0.2) is 5.65 Å². The summed E-state index contributed by atoms with van der Waals surface area (Å²) in [5.41, 5.74) is 0.233. The zero-order chi connectivity index (χ0) is 14.0. The molecule has 6 heteroatoms. The predicted octanol–water partition coefficient (Wildman–Crippen LogP) is 1.18. The van der Waals surface area contributed by atoms with Gasteiger partial charge in [-0.2, -0.15) is 0 Å². The van der Waals surface area contributed by atoms with E-state index in [4.69, 9.17) is 0 Å². The first-order valence-electron chi connectivity index (χ1n) is 6.41. The zero-order valence-electron chi connectivity index (χ0n) is 11.4. The van der Waals surface area contributed by atoms with E-state index in [1.54, 1.807) is 17.6 Å². The molecule has 2 aromatic rings. The molecule has 0 aliphatic carbocycles. The molecule has 2 rings (SSSR count). The van der Waals surface area contributed by atoms with Gasteiger partial charge in [0, 0.05) is 13.1 Å². The standard InChI is InChI=1S/C13H18N4O2/c1-4-6-8-17-12(18)10-11(15-9(3)14-10)16(7-5-2)13(17)19/h4,6H,5,7-8H2,1-3H3,(H,14,15)/b6-4+. The van der Waals surface area contributed by atoms with E-state index in [0.29, 0.717) is 23.5 Å². The molecule has 0 unspecified atom stereocenters. The number of hydrogen-bond acceptors (Lipinski definition) is 3. The summed E-state index contributed by atoms with van der Waals surface area (Å²) >= 11 is 0. The van der Waals surface area contributed by atoms with Crippen molar-refractivity contribution >= 4 is 11.2 Å². The highest BCUT2D eigenvalue weighted by Crippen LogP contribution is 2.05. The Kier molecular flexibility index (Phi) is 3.69. The molecule has 0 spiro atoms. The Labute approximate surface area is 110 Å². The Morgan fingerprint density at radius 3 is 2.68 bits per heavy atom. The molecule has 2 heterocycles. The van der Waals surface area contributed by atoms with E-state index in [1.807, 2.05) is 19.9 Å². The van der Waals surface area contributed by atoms with Gasteiger partial charge in [-0.1, -0.05) is 19.1 Å². The summed E-state index contributed by atoms with van der Waals surface area (Å²) in [4.78, 5) is 31.8. The summed E-state index contributed by atoms with van der Waals surface area (Å²) in [7, 11) is 0. The molecule has 1 N–H and O–H groups in total. The smallest absolute Gasteiger partial charge is 0.333 e. The Morgan fingerprint density at radius 2 is 2.05 bits per heavy atom. The van der Waals surface area contributed by atoms with Crippen LogP contribution in [0.3, 0.4) is 0 Å². The van der Waals surface area contributed by atoms with Crippen molar-refractivity contribution in [2.75, 3.05) is 0 Å². The summed E-state index contributed by atoms with van der Waals surface area (Å²) in [6, 6.07) is 0. The lowest BCUT2D eigenvalue weighted by atomic mass is 10.4. The minimum atomic E-state index is -0.314.